The van der Waals surface area contributed by atoms with Crippen molar-refractivity contribution in [2.24, 2.45) is 5.92 Å². The van der Waals surface area contributed by atoms with Crippen molar-refractivity contribution in [1.29, 1.82) is 0 Å². The van der Waals surface area contributed by atoms with Gasteiger partial charge in [0.15, 0.2) is 0 Å². The van der Waals surface area contributed by atoms with Gasteiger partial charge >= 0.3 is 0 Å². The molecule has 0 aromatic carbocycles. The molecule has 0 spiro atoms. The Morgan fingerprint density at radius 1 is 0.348 bits per heavy atom. The summed E-state index contributed by atoms with van der Waals surface area (Å²) in [5.41, 5.74) is 0. The molecule has 1 atom stereocenters. The van der Waals surface area contributed by atoms with Crippen molar-refractivity contribution in [2.45, 2.75) is 239 Å². The zero-order valence-electron chi connectivity index (χ0n) is 32.7. The van der Waals surface area contributed by atoms with Gasteiger partial charge in [-0.05, 0) is 32.9 Å². The molecule has 0 saturated heterocycles. The van der Waals surface area contributed by atoms with E-state index in [4.69, 9.17) is 0 Å². The molecular weight excluding hydrogens is 595 g/mol. The second-order valence-electron chi connectivity index (χ2n) is 15.3. The Hall–Kier alpha value is 0.660. The van der Waals surface area contributed by atoms with E-state index in [9.17, 15) is 0 Å². The van der Waals surface area contributed by atoms with Crippen LogP contribution in [0.5, 0.6) is 0 Å². The quantitative estimate of drug-likeness (QED) is 0.0466. The predicted octanol–water partition coefficient (Wildman–Crippen LogP) is 16.2. The summed E-state index contributed by atoms with van der Waals surface area (Å²) < 4.78 is 0. The van der Waals surface area contributed by atoms with Crippen LogP contribution in [0, 0.1) is 5.92 Å². The van der Waals surface area contributed by atoms with E-state index in [1.807, 2.05) is 0 Å². The predicted molar refractivity (Wildman–Crippen MR) is 220 cm³/mol. The van der Waals surface area contributed by atoms with Gasteiger partial charge in [0.05, 0.1) is 0 Å². The fourth-order valence-electron chi connectivity index (χ4n) is 6.87. The molecule has 0 heterocycles. The molecule has 0 aliphatic carbocycles. The number of unbranched alkanes of at least 4 members (excludes halogenated alkanes) is 31. The van der Waals surface area contributed by atoms with Gasteiger partial charge in [-0.2, -0.15) is 0 Å². The first-order valence-corrected chi connectivity index (χ1v) is 24.1. The van der Waals surface area contributed by atoms with Crippen molar-refractivity contribution in [3.63, 3.8) is 0 Å². The van der Waals surface area contributed by atoms with E-state index in [1.165, 1.54) is 243 Å². The molecule has 278 valence electrons. The van der Waals surface area contributed by atoms with Crippen molar-refractivity contribution in [3.05, 3.63) is 0 Å². The van der Waals surface area contributed by atoms with Crippen molar-refractivity contribution in [2.75, 3.05) is 32.1 Å². The van der Waals surface area contributed by atoms with Gasteiger partial charge in [0.25, 0.3) is 0 Å². The average Bonchev–Trinajstić information content (AvgIpc) is 3.05. The van der Waals surface area contributed by atoms with Crippen LogP contribution in [0.4, 0.5) is 0 Å². The van der Waals surface area contributed by atoms with E-state index in [0.29, 0.717) is 0 Å². The summed E-state index contributed by atoms with van der Waals surface area (Å²) in [6.45, 7) is 5.84. The lowest BCUT2D eigenvalue weighted by atomic mass is 9.95. The van der Waals surface area contributed by atoms with Crippen LogP contribution in [0.25, 0.3) is 0 Å². The summed E-state index contributed by atoms with van der Waals surface area (Å²) >= 11 is 0. The van der Waals surface area contributed by atoms with Gasteiger partial charge in [-0.1, -0.05) is 247 Å². The first-order chi connectivity index (χ1) is 22.7. The Kier molecular flexibility index (Phi) is 42.4. The molecule has 1 nitrogen and oxygen atoms in total. The topological polar surface area (TPSA) is 3.24 Å². The Morgan fingerprint density at radius 2 is 0.609 bits per heavy atom. The lowest BCUT2D eigenvalue weighted by molar-refractivity contribution is 0.435. The summed E-state index contributed by atoms with van der Waals surface area (Å²) in [4.78, 5) is 2.32. The van der Waals surface area contributed by atoms with Gasteiger partial charge in [-0.3, -0.25) is 0 Å². The second kappa shape index (κ2) is 41.8. The van der Waals surface area contributed by atoms with Gasteiger partial charge in [0.2, 0.25) is 0 Å². The van der Waals surface area contributed by atoms with Gasteiger partial charge in [0, 0.05) is 18.1 Å². The lowest BCUT2D eigenvalue weighted by Crippen LogP contribution is -2.14. The molecule has 0 N–H and O–H groups in total. The highest BCUT2D eigenvalue weighted by atomic mass is 33.1. The van der Waals surface area contributed by atoms with Crippen molar-refractivity contribution < 1.29 is 0 Å². The summed E-state index contributed by atoms with van der Waals surface area (Å²) in [6.07, 6.45) is 51.6. The van der Waals surface area contributed by atoms with E-state index >= 15 is 0 Å². The molecule has 1 unspecified atom stereocenters. The molecule has 0 rings (SSSR count). The smallest absolute Gasteiger partial charge is 0.0165 e. The fraction of sp³-hybridized carbons (Fsp3) is 1.00. The van der Waals surface area contributed by atoms with Crippen molar-refractivity contribution in [1.82, 2.24) is 4.90 Å². The molecule has 0 radical (unpaired) electrons. The molecule has 0 aromatic rings. The van der Waals surface area contributed by atoms with Gasteiger partial charge in [-0.25, -0.2) is 0 Å². The minimum absolute atomic E-state index is 0.958. The van der Waals surface area contributed by atoms with E-state index in [-0.39, 0.29) is 0 Å². The van der Waals surface area contributed by atoms with Gasteiger partial charge < -0.3 is 4.90 Å². The molecular formula is C43H89NS2. The van der Waals surface area contributed by atoms with Gasteiger partial charge in [0.1, 0.15) is 0 Å². The highest BCUT2D eigenvalue weighted by Gasteiger charge is 2.10. The maximum atomic E-state index is 2.32. The summed E-state index contributed by atoms with van der Waals surface area (Å²) in [6, 6.07) is 0. The summed E-state index contributed by atoms with van der Waals surface area (Å²) in [5, 5.41) is 0. The van der Waals surface area contributed by atoms with Crippen LogP contribution in [0.15, 0.2) is 0 Å². The number of hydrogen-bond acceptors (Lipinski definition) is 3. The van der Waals surface area contributed by atoms with Crippen LogP contribution in [0.2, 0.25) is 0 Å². The monoisotopic (exact) mass is 684 g/mol. The molecule has 0 aliphatic heterocycles. The first kappa shape index (κ1) is 46.7. The molecule has 46 heavy (non-hydrogen) atoms. The molecule has 0 fully saturated rings. The van der Waals surface area contributed by atoms with Crippen molar-refractivity contribution in [3.8, 4) is 0 Å². The number of nitrogens with zero attached hydrogens (tertiary/aromatic N) is 1. The van der Waals surface area contributed by atoms with Crippen LogP contribution in [0.3, 0.4) is 0 Å². The number of hydrogen-bond donors (Lipinski definition) is 0. The van der Waals surface area contributed by atoms with E-state index in [2.05, 4.69) is 54.4 Å². The van der Waals surface area contributed by atoms with Gasteiger partial charge in [-0.15, -0.1) is 0 Å². The van der Waals surface area contributed by atoms with Crippen LogP contribution in [-0.4, -0.2) is 37.0 Å². The Morgan fingerprint density at radius 3 is 0.870 bits per heavy atom. The Balaban J connectivity index is 3.72. The van der Waals surface area contributed by atoms with Crippen LogP contribution >= 0.6 is 21.6 Å². The minimum Gasteiger partial charge on any atom is -0.309 e. The van der Waals surface area contributed by atoms with E-state index < -0.39 is 0 Å². The zero-order chi connectivity index (χ0) is 33.4. The van der Waals surface area contributed by atoms with Crippen LogP contribution in [0.1, 0.15) is 239 Å². The largest absolute Gasteiger partial charge is 0.309 e. The molecule has 0 aliphatic rings. The van der Waals surface area contributed by atoms with E-state index in [0.717, 1.165) is 5.92 Å². The van der Waals surface area contributed by atoms with Crippen molar-refractivity contribution >= 4 is 21.6 Å². The summed E-state index contributed by atoms with van der Waals surface area (Å²) in [7, 11) is 8.68. The minimum atomic E-state index is 0.958. The maximum absolute atomic E-state index is 2.32. The third-order valence-corrected chi connectivity index (χ3v) is 12.7. The lowest BCUT2D eigenvalue weighted by Gasteiger charge is -2.17. The molecule has 0 saturated carbocycles. The number of rotatable bonds is 41. The highest BCUT2D eigenvalue weighted by molar-refractivity contribution is 8.76. The third-order valence-electron chi connectivity index (χ3n) is 10.2. The Bertz CT molecular complexity index is 525. The average molecular weight is 684 g/mol. The molecule has 0 bridgehead atoms. The molecule has 3 heteroatoms. The standard InChI is InChI=1S/C43H89NS2/c1-5-7-9-11-13-15-17-19-21-23-25-27-29-31-33-35-37-39-43(42-46-45-41-40-44(3)4)38-36-34-32-30-28-26-24-22-20-18-16-14-12-10-8-6-2/h43H,5-42H2,1-4H3. The normalized spacial score (nSPS) is 12.5. The maximum Gasteiger partial charge on any atom is 0.0165 e. The third kappa shape index (κ3) is 40.8. The SMILES string of the molecule is CCCCCCCCCCCCCCCCCCCC(CCCCCCCCCCCCCCCCCC)CSSCCN(C)C. The zero-order valence-corrected chi connectivity index (χ0v) is 34.3. The first-order valence-electron chi connectivity index (χ1n) is 21.6. The molecule has 0 amide bonds. The summed E-state index contributed by atoms with van der Waals surface area (Å²) in [5.74, 6) is 3.61. The second-order valence-corrected chi connectivity index (χ2v) is 17.9. The fourth-order valence-corrected chi connectivity index (χ4v) is 9.50. The molecule has 0 aromatic heterocycles. The van der Waals surface area contributed by atoms with Crippen LogP contribution in [-0.2, 0) is 0 Å². The Labute approximate surface area is 301 Å². The highest BCUT2D eigenvalue weighted by Crippen LogP contribution is 2.29. The van der Waals surface area contributed by atoms with E-state index in [1.54, 1.807) is 0 Å². The van der Waals surface area contributed by atoms with Crippen LogP contribution < -0.4 is 0 Å².